The van der Waals surface area contributed by atoms with Crippen molar-refractivity contribution in [1.82, 2.24) is 4.57 Å². The highest BCUT2D eigenvalue weighted by Crippen LogP contribution is 2.15. The summed E-state index contributed by atoms with van der Waals surface area (Å²) in [6.07, 6.45) is 2.86. The molecule has 0 fully saturated rings. The largest absolute Gasteiger partial charge is 0.477 e. The van der Waals surface area contributed by atoms with Crippen molar-refractivity contribution in [2.75, 3.05) is 0 Å². The first-order valence-electron chi connectivity index (χ1n) is 6.52. The Kier molecular flexibility index (Phi) is 4.05. The molecule has 1 N–H and O–H groups in total. The van der Waals surface area contributed by atoms with Crippen LogP contribution in [0.4, 0.5) is 0 Å². The zero-order chi connectivity index (χ0) is 13.8. The predicted octanol–water partition coefficient (Wildman–Crippen LogP) is 3.43. The molecule has 2 aromatic rings. The van der Waals surface area contributed by atoms with Crippen LogP contribution in [-0.2, 0) is 13.0 Å². The Labute approximate surface area is 113 Å². The molecule has 0 amide bonds. The van der Waals surface area contributed by atoms with Gasteiger partial charge in [0.15, 0.2) is 0 Å². The first-order chi connectivity index (χ1) is 9.06. The van der Waals surface area contributed by atoms with Crippen molar-refractivity contribution in [3.05, 3.63) is 59.4 Å². The number of hydrogen-bond acceptors (Lipinski definition) is 1. The lowest BCUT2D eigenvalue weighted by atomic mass is 10.1. The normalized spacial score (nSPS) is 10.9. The third kappa shape index (κ3) is 3.47. The average Bonchev–Trinajstić information content (AvgIpc) is 2.72. The van der Waals surface area contributed by atoms with Crippen LogP contribution >= 0.6 is 0 Å². The molecule has 3 heteroatoms. The maximum absolute atomic E-state index is 11.3. The summed E-state index contributed by atoms with van der Waals surface area (Å²) in [6, 6.07) is 11.7. The molecule has 0 aliphatic rings. The van der Waals surface area contributed by atoms with E-state index in [-0.39, 0.29) is 0 Å². The van der Waals surface area contributed by atoms with Gasteiger partial charge in [-0.15, -0.1) is 0 Å². The van der Waals surface area contributed by atoms with Gasteiger partial charge in [0.1, 0.15) is 5.69 Å². The number of benzene rings is 1. The molecule has 19 heavy (non-hydrogen) atoms. The molecular formula is C16H19NO2. The molecule has 0 bridgehead atoms. The standard InChI is InChI=1S/C16H19NO2/c1-12(2)8-14-9-15(16(18)19)17(11-14)10-13-6-4-3-5-7-13/h3-7,9,11-12H,8,10H2,1-2H3,(H,18,19). The van der Waals surface area contributed by atoms with E-state index in [1.807, 2.05) is 41.1 Å². The maximum atomic E-state index is 11.3. The second-order valence-corrected chi connectivity index (χ2v) is 5.25. The van der Waals surface area contributed by atoms with Crippen LogP contribution in [0.15, 0.2) is 42.6 Å². The van der Waals surface area contributed by atoms with Gasteiger partial charge in [-0.1, -0.05) is 44.2 Å². The van der Waals surface area contributed by atoms with Crippen molar-refractivity contribution in [3.63, 3.8) is 0 Å². The molecule has 0 radical (unpaired) electrons. The van der Waals surface area contributed by atoms with Gasteiger partial charge in [-0.2, -0.15) is 0 Å². The summed E-state index contributed by atoms with van der Waals surface area (Å²) in [7, 11) is 0. The lowest BCUT2D eigenvalue weighted by molar-refractivity contribution is 0.0685. The molecule has 1 heterocycles. The third-order valence-electron chi connectivity index (χ3n) is 3.01. The molecule has 3 nitrogen and oxygen atoms in total. The van der Waals surface area contributed by atoms with Crippen LogP contribution in [0.2, 0.25) is 0 Å². The first-order valence-corrected chi connectivity index (χ1v) is 6.52. The summed E-state index contributed by atoms with van der Waals surface area (Å²) < 4.78 is 1.81. The molecule has 0 aliphatic heterocycles. The van der Waals surface area contributed by atoms with Gasteiger partial charge in [-0.3, -0.25) is 0 Å². The summed E-state index contributed by atoms with van der Waals surface area (Å²) in [6.45, 7) is 4.87. The van der Waals surface area contributed by atoms with Crippen LogP contribution in [0, 0.1) is 5.92 Å². The van der Waals surface area contributed by atoms with Crippen molar-refractivity contribution in [2.45, 2.75) is 26.8 Å². The van der Waals surface area contributed by atoms with Gasteiger partial charge >= 0.3 is 5.97 Å². The van der Waals surface area contributed by atoms with Gasteiger partial charge in [-0.25, -0.2) is 4.79 Å². The minimum atomic E-state index is -0.870. The van der Waals surface area contributed by atoms with E-state index >= 15 is 0 Å². The van der Waals surface area contributed by atoms with E-state index in [0.29, 0.717) is 18.2 Å². The molecule has 100 valence electrons. The predicted molar refractivity (Wildman–Crippen MR) is 75.5 cm³/mol. The van der Waals surface area contributed by atoms with Gasteiger partial charge < -0.3 is 9.67 Å². The van der Waals surface area contributed by atoms with Crippen LogP contribution in [-0.4, -0.2) is 15.6 Å². The van der Waals surface area contributed by atoms with E-state index in [1.165, 1.54) is 0 Å². The molecule has 0 aliphatic carbocycles. The quantitative estimate of drug-likeness (QED) is 0.891. The number of rotatable bonds is 5. The van der Waals surface area contributed by atoms with Gasteiger partial charge in [0, 0.05) is 12.7 Å². The molecule has 1 aromatic carbocycles. The van der Waals surface area contributed by atoms with Crippen molar-refractivity contribution in [2.24, 2.45) is 5.92 Å². The highest BCUT2D eigenvalue weighted by molar-refractivity contribution is 5.86. The van der Waals surface area contributed by atoms with Crippen LogP contribution in [0.3, 0.4) is 0 Å². The molecule has 0 atom stereocenters. The molecular weight excluding hydrogens is 238 g/mol. The molecule has 0 spiro atoms. The Bertz CT molecular complexity index is 555. The summed E-state index contributed by atoms with van der Waals surface area (Å²) in [4.78, 5) is 11.3. The fraction of sp³-hybridized carbons (Fsp3) is 0.312. The van der Waals surface area contributed by atoms with E-state index < -0.39 is 5.97 Å². The van der Waals surface area contributed by atoms with Crippen LogP contribution in [0.25, 0.3) is 0 Å². The third-order valence-corrected chi connectivity index (χ3v) is 3.01. The second kappa shape index (κ2) is 5.74. The van der Waals surface area contributed by atoms with E-state index in [0.717, 1.165) is 17.5 Å². The van der Waals surface area contributed by atoms with Gasteiger partial charge in [-0.05, 0) is 29.5 Å². The smallest absolute Gasteiger partial charge is 0.352 e. The number of aromatic nitrogens is 1. The summed E-state index contributed by atoms with van der Waals surface area (Å²) >= 11 is 0. The summed E-state index contributed by atoms with van der Waals surface area (Å²) in [5, 5.41) is 9.27. The van der Waals surface area contributed by atoms with E-state index in [2.05, 4.69) is 13.8 Å². The summed E-state index contributed by atoms with van der Waals surface area (Å²) in [5.74, 6) is -0.347. The molecule has 0 saturated heterocycles. The Morgan fingerprint density at radius 3 is 2.47 bits per heavy atom. The van der Waals surface area contributed by atoms with E-state index in [4.69, 9.17) is 0 Å². The number of carboxylic acid groups (broad SMARTS) is 1. The Morgan fingerprint density at radius 1 is 1.21 bits per heavy atom. The average molecular weight is 257 g/mol. The topological polar surface area (TPSA) is 42.2 Å². The minimum Gasteiger partial charge on any atom is -0.477 e. The van der Waals surface area contributed by atoms with Crippen LogP contribution < -0.4 is 0 Å². The molecule has 1 aromatic heterocycles. The maximum Gasteiger partial charge on any atom is 0.352 e. The van der Waals surface area contributed by atoms with Crippen molar-refractivity contribution in [1.29, 1.82) is 0 Å². The second-order valence-electron chi connectivity index (χ2n) is 5.25. The zero-order valence-corrected chi connectivity index (χ0v) is 11.3. The van der Waals surface area contributed by atoms with Gasteiger partial charge in [0.25, 0.3) is 0 Å². The fourth-order valence-corrected chi connectivity index (χ4v) is 2.24. The monoisotopic (exact) mass is 257 g/mol. The SMILES string of the molecule is CC(C)Cc1cc(C(=O)O)n(Cc2ccccc2)c1. The van der Waals surface area contributed by atoms with E-state index in [1.54, 1.807) is 6.07 Å². The van der Waals surface area contributed by atoms with Crippen molar-refractivity contribution >= 4 is 5.97 Å². The minimum absolute atomic E-state index is 0.361. The van der Waals surface area contributed by atoms with Crippen molar-refractivity contribution in [3.8, 4) is 0 Å². The zero-order valence-electron chi connectivity index (χ0n) is 11.3. The molecule has 0 saturated carbocycles. The Hall–Kier alpha value is -2.03. The number of hydrogen-bond donors (Lipinski definition) is 1. The molecule has 0 unspecified atom stereocenters. The number of nitrogens with zero attached hydrogens (tertiary/aromatic N) is 1. The fourth-order valence-electron chi connectivity index (χ4n) is 2.24. The summed E-state index contributed by atoms with van der Waals surface area (Å²) in [5.41, 5.74) is 2.56. The lowest BCUT2D eigenvalue weighted by Crippen LogP contribution is -2.08. The Balaban J connectivity index is 2.27. The van der Waals surface area contributed by atoms with Crippen LogP contribution in [0.5, 0.6) is 0 Å². The van der Waals surface area contributed by atoms with E-state index in [9.17, 15) is 9.90 Å². The number of carboxylic acids is 1. The van der Waals surface area contributed by atoms with Gasteiger partial charge in [0.2, 0.25) is 0 Å². The first kappa shape index (κ1) is 13.4. The lowest BCUT2D eigenvalue weighted by Gasteiger charge is -2.06. The Morgan fingerprint density at radius 2 is 1.89 bits per heavy atom. The number of carbonyl (C=O) groups is 1. The van der Waals surface area contributed by atoms with Gasteiger partial charge in [0.05, 0.1) is 0 Å². The highest BCUT2D eigenvalue weighted by atomic mass is 16.4. The van der Waals surface area contributed by atoms with Crippen LogP contribution in [0.1, 0.15) is 35.5 Å². The number of aromatic carboxylic acids is 1. The van der Waals surface area contributed by atoms with Crippen molar-refractivity contribution < 1.29 is 9.90 Å². The highest BCUT2D eigenvalue weighted by Gasteiger charge is 2.13. The molecule has 2 rings (SSSR count).